The van der Waals surface area contributed by atoms with Gasteiger partial charge in [0, 0.05) is 0 Å². The summed E-state index contributed by atoms with van der Waals surface area (Å²) in [6, 6.07) is 5.65. The van der Waals surface area contributed by atoms with Crippen LogP contribution >= 0.6 is 11.3 Å². The van der Waals surface area contributed by atoms with Gasteiger partial charge in [0.2, 0.25) is 0 Å². The molecule has 122 valence electrons. The zero-order valence-electron chi connectivity index (χ0n) is 13.1. The molecule has 1 aromatic heterocycles. The molecule has 0 aliphatic heterocycles. The standard InChI is InChI=1S/C16H17FN2O3S/c1-9(2)8-22-15(21)13-10(3)18-16(23-13)19-14(20)11-6-4-5-7-12(11)17/h4-7,9H,8H2,1-3H3,(H,18,19,20). The van der Waals surface area contributed by atoms with Gasteiger partial charge in [-0.1, -0.05) is 37.3 Å². The Kier molecular flexibility index (Phi) is 5.44. The van der Waals surface area contributed by atoms with Crippen molar-refractivity contribution >= 4 is 28.3 Å². The van der Waals surface area contributed by atoms with Crippen LogP contribution < -0.4 is 5.32 Å². The number of nitrogens with zero attached hydrogens (tertiary/aromatic N) is 1. The highest BCUT2D eigenvalue weighted by atomic mass is 32.1. The van der Waals surface area contributed by atoms with Crippen LogP contribution in [0, 0.1) is 18.7 Å². The second kappa shape index (κ2) is 7.32. The number of rotatable bonds is 5. The van der Waals surface area contributed by atoms with E-state index in [-0.39, 0.29) is 16.6 Å². The van der Waals surface area contributed by atoms with Gasteiger partial charge in [0.15, 0.2) is 5.13 Å². The summed E-state index contributed by atoms with van der Waals surface area (Å²) in [7, 11) is 0. The molecule has 7 heteroatoms. The number of thiazole rings is 1. The lowest BCUT2D eigenvalue weighted by atomic mass is 10.2. The van der Waals surface area contributed by atoms with Crippen LogP contribution in [0.2, 0.25) is 0 Å². The molecule has 0 saturated heterocycles. The molecule has 2 rings (SSSR count). The highest BCUT2D eigenvalue weighted by molar-refractivity contribution is 7.17. The smallest absolute Gasteiger partial charge is 0.350 e. The van der Waals surface area contributed by atoms with Crippen molar-refractivity contribution < 1.29 is 18.7 Å². The summed E-state index contributed by atoms with van der Waals surface area (Å²) in [6.45, 7) is 5.84. The van der Waals surface area contributed by atoms with Crippen LogP contribution in [0.4, 0.5) is 9.52 Å². The fourth-order valence-corrected chi connectivity index (χ4v) is 2.61. The molecule has 0 atom stereocenters. The van der Waals surface area contributed by atoms with E-state index in [0.717, 1.165) is 11.3 Å². The van der Waals surface area contributed by atoms with Crippen LogP contribution in [-0.2, 0) is 4.74 Å². The van der Waals surface area contributed by atoms with Gasteiger partial charge in [-0.2, -0.15) is 0 Å². The summed E-state index contributed by atoms with van der Waals surface area (Å²) in [6.07, 6.45) is 0. The number of ether oxygens (including phenoxy) is 1. The first-order valence-electron chi connectivity index (χ1n) is 7.09. The molecule has 1 heterocycles. The molecule has 0 bridgehead atoms. The fraction of sp³-hybridized carbons (Fsp3) is 0.312. The van der Waals surface area contributed by atoms with Gasteiger partial charge in [0.05, 0.1) is 17.9 Å². The lowest BCUT2D eigenvalue weighted by Crippen LogP contribution is -2.13. The van der Waals surface area contributed by atoms with E-state index in [9.17, 15) is 14.0 Å². The van der Waals surface area contributed by atoms with Crippen molar-refractivity contribution in [3.63, 3.8) is 0 Å². The summed E-state index contributed by atoms with van der Waals surface area (Å²) in [5, 5.41) is 2.73. The molecule has 0 unspecified atom stereocenters. The third-order valence-corrected chi connectivity index (χ3v) is 3.92. The summed E-state index contributed by atoms with van der Waals surface area (Å²) in [4.78, 5) is 28.5. The zero-order valence-corrected chi connectivity index (χ0v) is 13.9. The van der Waals surface area contributed by atoms with Crippen molar-refractivity contribution in [2.75, 3.05) is 11.9 Å². The molecule has 0 saturated carbocycles. The molecule has 0 radical (unpaired) electrons. The number of benzene rings is 1. The maximum absolute atomic E-state index is 13.6. The molecule has 0 aliphatic rings. The Labute approximate surface area is 137 Å². The first-order valence-corrected chi connectivity index (χ1v) is 7.90. The molecule has 23 heavy (non-hydrogen) atoms. The molecule has 1 amide bonds. The third-order valence-electron chi connectivity index (χ3n) is 2.87. The highest BCUT2D eigenvalue weighted by Crippen LogP contribution is 2.24. The van der Waals surface area contributed by atoms with Crippen molar-refractivity contribution in [1.29, 1.82) is 0 Å². The molecule has 1 aromatic carbocycles. The van der Waals surface area contributed by atoms with E-state index >= 15 is 0 Å². The number of aryl methyl sites for hydroxylation is 1. The number of amides is 1. The number of carbonyl (C=O) groups excluding carboxylic acids is 2. The lowest BCUT2D eigenvalue weighted by molar-refractivity contribution is 0.0463. The minimum Gasteiger partial charge on any atom is -0.461 e. The summed E-state index contributed by atoms with van der Waals surface area (Å²) < 4.78 is 18.7. The highest BCUT2D eigenvalue weighted by Gasteiger charge is 2.19. The Bertz CT molecular complexity index is 728. The largest absolute Gasteiger partial charge is 0.461 e. The molecular weight excluding hydrogens is 319 g/mol. The minimum atomic E-state index is -0.616. The molecular formula is C16H17FN2O3S. The second-order valence-corrected chi connectivity index (χ2v) is 6.36. The Morgan fingerprint density at radius 3 is 2.70 bits per heavy atom. The zero-order chi connectivity index (χ0) is 17.0. The van der Waals surface area contributed by atoms with Crippen molar-refractivity contribution in [3.05, 3.63) is 46.2 Å². The molecule has 0 spiro atoms. The number of aromatic nitrogens is 1. The van der Waals surface area contributed by atoms with Gasteiger partial charge >= 0.3 is 5.97 Å². The van der Waals surface area contributed by atoms with E-state index in [0.29, 0.717) is 17.2 Å². The van der Waals surface area contributed by atoms with E-state index in [1.165, 1.54) is 18.2 Å². The summed E-state index contributed by atoms with van der Waals surface area (Å²) in [5.41, 5.74) is 0.386. The van der Waals surface area contributed by atoms with Crippen LogP contribution in [0.15, 0.2) is 24.3 Å². The molecule has 1 N–H and O–H groups in total. The second-order valence-electron chi connectivity index (χ2n) is 5.36. The number of hydrogen-bond acceptors (Lipinski definition) is 5. The van der Waals surface area contributed by atoms with Gasteiger partial charge in [0.25, 0.3) is 5.91 Å². The summed E-state index contributed by atoms with van der Waals surface area (Å²) >= 11 is 1.01. The number of hydrogen-bond donors (Lipinski definition) is 1. The quantitative estimate of drug-likeness (QED) is 0.846. The number of anilines is 1. The van der Waals surface area contributed by atoms with Crippen molar-refractivity contribution in [2.45, 2.75) is 20.8 Å². The maximum Gasteiger partial charge on any atom is 0.350 e. The topological polar surface area (TPSA) is 68.3 Å². The van der Waals surface area contributed by atoms with E-state index in [2.05, 4.69) is 10.3 Å². The van der Waals surface area contributed by atoms with Gasteiger partial charge < -0.3 is 4.74 Å². The minimum absolute atomic E-state index is 0.0794. The Morgan fingerprint density at radius 2 is 2.04 bits per heavy atom. The average Bonchev–Trinajstić information content (AvgIpc) is 2.85. The normalized spacial score (nSPS) is 10.7. The predicted octanol–water partition coefficient (Wildman–Crippen LogP) is 3.66. The Hall–Kier alpha value is -2.28. The lowest BCUT2D eigenvalue weighted by Gasteiger charge is -2.05. The number of nitrogens with one attached hydrogen (secondary N) is 1. The Morgan fingerprint density at radius 1 is 1.35 bits per heavy atom. The average molecular weight is 336 g/mol. The third kappa shape index (κ3) is 4.35. The monoisotopic (exact) mass is 336 g/mol. The van der Waals surface area contributed by atoms with E-state index in [1.807, 2.05) is 13.8 Å². The van der Waals surface area contributed by atoms with Crippen LogP contribution in [0.3, 0.4) is 0 Å². The van der Waals surface area contributed by atoms with Crippen molar-refractivity contribution in [2.24, 2.45) is 5.92 Å². The van der Waals surface area contributed by atoms with Gasteiger partial charge in [-0.15, -0.1) is 0 Å². The SMILES string of the molecule is Cc1nc(NC(=O)c2ccccc2F)sc1C(=O)OCC(C)C. The van der Waals surface area contributed by atoms with E-state index in [1.54, 1.807) is 13.0 Å². The number of halogens is 1. The van der Waals surface area contributed by atoms with E-state index in [4.69, 9.17) is 4.74 Å². The fourth-order valence-electron chi connectivity index (χ4n) is 1.76. The van der Waals surface area contributed by atoms with Gasteiger partial charge in [0.1, 0.15) is 10.7 Å². The van der Waals surface area contributed by atoms with Crippen LogP contribution in [-0.4, -0.2) is 23.5 Å². The van der Waals surface area contributed by atoms with Gasteiger partial charge in [-0.25, -0.2) is 14.2 Å². The van der Waals surface area contributed by atoms with Gasteiger partial charge in [-0.05, 0) is 25.0 Å². The summed E-state index contributed by atoms with van der Waals surface area (Å²) in [5.74, 6) is -1.47. The molecule has 5 nitrogen and oxygen atoms in total. The van der Waals surface area contributed by atoms with E-state index < -0.39 is 17.7 Å². The van der Waals surface area contributed by atoms with Gasteiger partial charge in [-0.3, -0.25) is 10.1 Å². The number of carbonyl (C=O) groups is 2. The van der Waals surface area contributed by atoms with Crippen molar-refractivity contribution in [3.8, 4) is 0 Å². The maximum atomic E-state index is 13.6. The first kappa shape index (κ1) is 17.1. The molecule has 0 aliphatic carbocycles. The predicted molar refractivity (Wildman–Crippen MR) is 86.3 cm³/mol. The Balaban J connectivity index is 2.10. The van der Waals surface area contributed by atoms with Crippen molar-refractivity contribution in [1.82, 2.24) is 4.98 Å². The van der Waals surface area contributed by atoms with Crippen LogP contribution in [0.1, 0.15) is 39.6 Å². The van der Waals surface area contributed by atoms with Crippen LogP contribution in [0.5, 0.6) is 0 Å². The molecule has 0 fully saturated rings. The molecule has 2 aromatic rings. The number of esters is 1. The first-order chi connectivity index (χ1) is 10.9. The van der Waals surface area contributed by atoms with Crippen LogP contribution in [0.25, 0.3) is 0 Å².